The van der Waals surface area contributed by atoms with Crippen LogP contribution >= 0.6 is 11.3 Å². The van der Waals surface area contributed by atoms with Gasteiger partial charge in [0.2, 0.25) is 0 Å². The number of hydrogen-bond acceptors (Lipinski definition) is 5. The highest BCUT2D eigenvalue weighted by atomic mass is 32.1. The molecule has 0 saturated carbocycles. The topological polar surface area (TPSA) is 36.5 Å². The third kappa shape index (κ3) is 4.66. The number of fused-ring (bicyclic) bond motifs is 3. The van der Waals surface area contributed by atoms with E-state index >= 15 is 0 Å². The molecule has 164 valence electrons. The van der Waals surface area contributed by atoms with Gasteiger partial charge in [-0.3, -0.25) is 0 Å². The molecule has 0 unspecified atom stereocenters. The van der Waals surface area contributed by atoms with E-state index in [1.807, 2.05) is 25.5 Å². The van der Waals surface area contributed by atoms with Crippen LogP contribution < -0.4 is 10.6 Å². The van der Waals surface area contributed by atoms with E-state index in [0.717, 1.165) is 37.7 Å². The number of likely N-dealkylation sites (N-methyl/N-ethyl adjacent to an activating group) is 1. The van der Waals surface area contributed by atoms with Crippen LogP contribution in [0.2, 0.25) is 0 Å². The van der Waals surface area contributed by atoms with Gasteiger partial charge in [0.15, 0.2) is 0 Å². The molecule has 2 N–H and O–H groups in total. The predicted octanol–water partition coefficient (Wildman–Crippen LogP) is 4.92. The molecule has 3 heterocycles. The highest BCUT2D eigenvalue weighted by Gasteiger charge is 2.43. The Balaban J connectivity index is 1.58. The lowest BCUT2D eigenvalue weighted by Crippen LogP contribution is -2.42. The third-order valence-electron chi connectivity index (χ3n) is 5.93. The summed E-state index contributed by atoms with van der Waals surface area (Å²) in [6.45, 7) is 2.50. The lowest BCUT2D eigenvalue weighted by atomic mass is 9.78. The van der Waals surface area contributed by atoms with E-state index in [4.69, 9.17) is 4.74 Å². The molecule has 4 atom stereocenters. The van der Waals surface area contributed by atoms with Crippen molar-refractivity contribution in [2.75, 3.05) is 39.0 Å². The summed E-state index contributed by atoms with van der Waals surface area (Å²) in [5.74, 6) is 0.109. The smallest absolute Gasteiger partial charge is 0.377 e. The zero-order valence-electron chi connectivity index (χ0n) is 17.2. The van der Waals surface area contributed by atoms with Crippen LogP contribution in [0, 0.1) is 5.92 Å². The van der Waals surface area contributed by atoms with E-state index < -0.39 is 11.7 Å². The van der Waals surface area contributed by atoms with E-state index in [1.165, 1.54) is 10.9 Å². The van der Waals surface area contributed by atoms with Gasteiger partial charge in [0, 0.05) is 41.7 Å². The second-order valence-corrected chi connectivity index (χ2v) is 9.34. The maximum Gasteiger partial charge on any atom is 0.416 e. The number of ether oxygens (including phenoxy) is 1. The van der Waals surface area contributed by atoms with Gasteiger partial charge in [-0.1, -0.05) is 6.07 Å². The van der Waals surface area contributed by atoms with Crippen LogP contribution in [0.4, 0.5) is 18.9 Å². The van der Waals surface area contributed by atoms with Gasteiger partial charge in [0.25, 0.3) is 0 Å². The number of rotatable bonds is 6. The normalized spacial score (nSPS) is 26.2. The number of nitrogens with zero attached hydrogens (tertiary/aromatic N) is 1. The summed E-state index contributed by atoms with van der Waals surface area (Å²) >= 11 is 1.67. The Labute approximate surface area is 179 Å². The van der Waals surface area contributed by atoms with E-state index in [0.29, 0.717) is 12.1 Å². The van der Waals surface area contributed by atoms with Crippen LogP contribution in [-0.2, 0) is 10.9 Å². The van der Waals surface area contributed by atoms with Crippen molar-refractivity contribution in [2.24, 2.45) is 5.92 Å². The van der Waals surface area contributed by atoms with Crippen molar-refractivity contribution in [3.63, 3.8) is 0 Å². The fourth-order valence-corrected chi connectivity index (χ4v) is 5.25. The molecule has 1 fully saturated rings. The maximum absolute atomic E-state index is 13.4. The molecule has 0 aliphatic carbocycles. The van der Waals surface area contributed by atoms with Gasteiger partial charge in [0.1, 0.15) is 0 Å². The van der Waals surface area contributed by atoms with Crippen molar-refractivity contribution in [2.45, 2.75) is 37.3 Å². The third-order valence-corrected chi connectivity index (χ3v) is 6.89. The zero-order chi connectivity index (χ0) is 21.3. The first kappa shape index (κ1) is 21.6. The lowest BCUT2D eigenvalue weighted by molar-refractivity contribution is -0.138. The number of thiophene rings is 1. The molecule has 4 rings (SSSR count). The minimum Gasteiger partial charge on any atom is -0.377 e. The van der Waals surface area contributed by atoms with E-state index in [2.05, 4.69) is 21.6 Å². The number of benzene rings is 1. The summed E-state index contributed by atoms with van der Waals surface area (Å²) in [5.41, 5.74) is 0.746. The van der Waals surface area contributed by atoms with Gasteiger partial charge in [-0.2, -0.15) is 13.2 Å². The Bertz CT molecular complexity index is 841. The average Bonchev–Trinajstić information content (AvgIpc) is 3.24. The molecule has 30 heavy (non-hydrogen) atoms. The Morgan fingerprint density at radius 1 is 1.23 bits per heavy atom. The zero-order valence-corrected chi connectivity index (χ0v) is 18.0. The Morgan fingerprint density at radius 2 is 2.07 bits per heavy atom. The van der Waals surface area contributed by atoms with Gasteiger partial charge in [-0.25, -0.2) is 0 Å². The van der Waals surface area contributed by atoms with Crippen molar-refractivity contribution in [3.8, 4) is 0 Å². The van der Waals surface area contributed by atoms with E-state index in [1.54, 1.807) is 17.4 Å². The molecule has 8 heteroatoms. The van der Waals surface area contributed by atoms with Crippen molar-refractivity contribution < 1.29 is 17.9 Å². The van der Waals surface area contributed by atoms with Gasteiger partial charge in [-0.15, -0.1) is 11.3 Å². The molecular weight excluding hydrogens is 411 g/mol. The Kier molecular flexibility index (Phi) is 6.39. The van der Waals surface area contributed by atoms with Gasteiger partial charge in [-0.05, 0) is 56.6 Å². The molecule has 4 nitrogen and oxygen atoms in total. The first-order valence-corrected chi connectivity index (χ1v) is 11.2. The molecule has 0 bridgehead atoms. The van der Waals surface area contributed by atoms with Gasteiger partial charge in [0.05, 0.1) is 23.8 Å². The fourth-order valence-electron chi connectivity index (χ4n) is 4.40. The molecular formula is C22H28F3N3OS. The van der Waals surface area contributed by atoms with Crippen molar-refractivity contribution in [1.82, 2.24) is 10.2 Å². The lowest BCUT2D eigenvalue weighted by Gasteiger charge is -2.45. The van der Waals surface area contributed by atoms with Crippen molar-refractivity contribution in [3.05, 3.63) is 51.7 Å². The molecule has 2 aliphatic rings. The molecule has 1 aromatic carbocycles. The highest BCUT2D eigenvalue weighted by Crippen LogP contribution is 2.51. The SMILES string of the molecule is CN(C)CCNC[C@H]1CC[C@@H]2[C@H](O1)c1cc(C(F)(F)F)ccc1N[C@H]2c1cccs1. The Hall–Kier alpha value is -1.61. The Morgan fingerprint density at radius 3 is 2.77 bits per heavy atom. The molecule has 1 saturated heterocycles. The minimum atomic E-state index is -4.36. The van der Waals surface area contributed by atoms with Crippen LogP contribution in [0.1, 0.15) is 41.0 Å². The average molecular weight is 440 g/mol. The fraction of sp³-hybridized carbons (Fsp3) is 0.545. The summed E-state index contributed by atoms with van der Waals surface area (Å²) in [7, 11) is 4.05. The number of nitrogens with one attached hydrogen (secondary N) is 2. The summed E-state index contributed by atoms with van der Waals surface area (Å²) in [6, 6.07) is 8.13. The second-order valence-electron chi connectivity index (χ2n) is 8.36. The largest absolute Gasteiger partial charge is 0.416 e. The van der Waals surface area contributed by atoms with Crippen LogP contribution in [0.3, 0.4) is 0 Å². The van der Waals surface area contributed by atoms with E-state index in [9.17, 15) is 13.2 Å². The maximum atomic E-state index is 13.4. The molecule has 0 amide bonds. The number of halogens is 3. The number of alkyl halides is 3. The summed E-state index contributed by atoms with van der Waals surface area (Å²) in [4.78, 5) is 3.31. The molecule has 0 spiro atoms. The molecule has 0 radical (unpaired) electrons. The first-order valence-electron chi connectivity index (χ1n) is 10.3. The molecule has 1 aromatic heterocycles. The van der Waals surface area contributed by atoms with Crippen LogP contribution in [0.5, 0.6) is 0 Å². The monoisotopic (exact) mass is 439 g/mol. The van der Waals surface area contributed by atoms with Crippen LogP contribution in [0.15, 0.2) is 35.7 Å². The molecule has 2 aromatic rings. The summed E-state index contributed by atoms with van der Waals surface area (Å²) in [6.07, 6.45) is -2.90. The molecule has 2 aliphatic heterocycles. The summed E-state index contributed by atoms with van der Waals surface area (Å²) < 4.78 is 46.5. The van der Waals surface area contributed by atoms with E-state index in [-0.39, 0.29) is 24.2 Å². The van der Waals surface area contributed by atoms with Gasteiger partial charge >= 0.3 is 6.18 Å². The van der Waals surface area contributed by atoms with Crippen LogP contribution in [0.25, 0.3) is 0 Å². The summed E-state index contributed by atoms with van der Waals surface area (Å²) in [5, 5.41) is 8.96. The predicted molar refractivity (Wildman–Crippen MR) is 114 cm³/mol. The number of anilines is 1. The standard InChI is InChI=1S/C22H28F3N3OS/c1-28(2)10-9-26-13-15-6-7-16-20(19-4-3-11-30-19)27-18-8-5-14(22(23,24)25)12-17(18)21(16)29-15/h3-5,8,11-12,15-16,20-21,26-27H,6-7,9-10,13H2,1-2H3/t15-,16+,20-,21+/m1/s1. The second kappa shape index (κ2) is 8.86. The van der Waals surface area contributed by atoms with Crippen molar-refractivity contribution in [1.29, 1.82) is 0 Å². The first-order chi connectivity index (χ1) is 14.3. The van der Waals surface area contributed by atoms with Crippen LogP contribution in [-0.4, -0.2) is 44.7 Å². The van der Waals surface area contributed by atoms with Gasteiger partial charge < -0.3 is 20.3 Å². The quantitative estimate of drug-likeness (QED) is 0.627. The van der Waals surface area contributed by atoms with Crippen molar-refractivity contribution >= 4 is 17.0 Å². The highest BCUT2D eigenvalue weighted by molar-refractivity contribution is 7.10. The number of hydrogen-bond donors (Lipinski definition) is 2. The minimum absolute atomic E-state index is 0.00195.